The summed E-state index contributed by atoms with van der Waals surface area (Å²) in [5.74, 6) is 0.848. The maximum atomic E-state index is 4.42. The summed E-state index contributed by atoms with van der Waals surface area (Å²) in [6, 6.07) is 4.41. The minimum atomic E-state index is 0.333. The number of halogens is 1. The van der Waals surface area contributed by atoms with Crippen LogP contribution in [0.5, 0.6) is 0 Å². The number of aromatic nitrogens is 3. The normalized spacial score (nSPS) is 12.6. The highest BCUT2D eigenvalue weighted by Gasteiger charge is 2.05. The number of nitrogens with one attached hydrogen (secondary N) is 1. The first-order valence-electron chi connectivity index (χ1n) is 5.60. The number of hydrogen-bond acceptors (Lipinski definition) is 3. The quantitative estimate of drug-likeness (QED) is 0.869. The van der Waals surface area contributed by atoms with Crippen LogP contribution < -0.4 is 5.32 Å². The van der Waals surface area contributed by atoms with E-state index in [2.05, 4.69) is 57.9 Å². The molecule has 0 amide bonds. The number of hydrogen-bond donors (Lipinski definition) is 1. The van der Waals surface area contributed by atoms with Gasteiger partial charge in [0.05, 0.1) is 9.77 Å². The van der Waals surface area contributed by atoms with Crippen LogP contribution in [-0.2, 0) is 0 Å². The molecule has 2 aromatic heterocycles. The van der Waals surface area contributed by atoms with Gasteiger partial charge in [-0.2, -0.15) is 5.10 Å². The van der Waals surface area contributed by atoms with Gasteiger partial charge in [-0.3, -0.25) is 0 Å². The van der Waals surface area contributed by atoms with Gasteiger partial charge in [0.15, 0.2) is 5.82 Å². The summed E-state index contributed by atoms with van der Waals surface area (Å²) in [5, 5.41) is 7.59. The molecule has 2 heterocycles. The molecule has 0 aromatic carbocycles. The molecular formula is C12H15IN4. The van der Waals surface area contributed by atoms with E-state index in [1.165, 1.54) is 5.56 Å². The molecule has 1 atom stereocenters. The van der Waals surface area contributed by atoms with Gasteiger partial charge >= 0.3 is 0 Å². The zero-order chi connectivity index (χ0) is 12.3. The average molecular weight is 342 g/mol. The molecule has 90 valence electrons. The molecule has 0 aliphatic carbocycles. The molecule has 17 heavy (non-hydrogen) atoms. The lowest BCUT2D eigenvalue weighted by molar-refractivity contribution is 0.595. The fourth-order valence-electron chi connectivity index (χ4n) is 1.64. The number of nitrogens with zero attached hydrogens (tertiary/aromatic N) is 3. The fourth-order valence-corrected chi connectivity index (χ4v) is 2.03. The van der Waals surface area contributed by atoms with Gasteiger partial charge in [-0.05, 0) is 47.7 Å². The van der Waals surface area contributed by atoms with Gasteiger partial charge in [0, 0.05) is 18.4 Å². The van der Waals surface area contributed by atoms with Crippen molar-refractivity contribution in [1.82, 2.24) is 20.1 Å². The van der Waals surface area contributed by atoms with Crippen LogP contribution in [0.25, 0.3) is 5.82 Å². The van der Waals surface area contributed by atoms with Crippen molar-refractivity contribution >= 4 is 22.6 Å². The maximum absolute atomic E-state index is 4.42. The average Bonchev–Trinajstić information content (AvgIpc) is 2.76. The molecule has 0 aliphatic heterocycles. The minimum Gasteiger partial charge on any atom is -0.310 e. The molecule has 0 radical (unpaired) electrons. The van der Waals surface area contributed by atoms with Gasteiger partial charge in [-0.25, -0.2) is 9.67 Å². The van der Waals surface area contributed by atoms with Gasteiger partial charge < -0.3 is 5.32 Å². The van der Waals surface area contributed by atoms with E-state index in [0.29, 0.717) is 6.04 Å². The van der Waals surface area contributed by atoms with E-state index < -0.39 is 0 Å². The van der Waals surface area contributed by atoms with Crippen LogP contribution in [-0.4, -0.2) is 21.3 Å². The third-order valence-electron chi connectivity index (χ3n) is 2.57. The highest BCUT2D eigenvalue weighted by Crippen LogP contribution is 2.13. The van der Waals surface area contributed by atoms with Crippen LogP contribution in [0.2, 0.25) is 0 Å². The third kappa shape index (κ3) is 3.04. The first kappa shape index (κ1) is 12.5. The Morgan fingerprint density at radius 2 is 2.24 bits per heavy atom. The van der Waals surface area contributed by atoms with E-state index >= 15 is 0 Å². The van der Waals surface area contributed by atoms with Crippen molar-refractivity contribution in [2.24, 2.45) is 0 Å². The monoisotopic (exact) mass is 342 g/mol. The summed E-state index contributed by atoms with van der Waals surface area (Å²) < 4.78 is 2.89. The Morgan fingerprint density at radius 3 is 2.76 bits per heavy atom. The predicted octanol–water partition coefficient (Wildman–Crippen LogP) is 2.54. The lowest BCUT2D eigenvalue weighted by Gasteiger charge is -2.12. The molecule has 0 saturated carbocycles. The van der Waals surface area contributed by atoms with Gasteiger partial charge in [-0.1, -0.05) is 13.0 Å². The van der Waals surface area contributed by atoms with Crippen molar-refractivity contribution < 1.29 is 0 Å². The van der Waals surface area contributed by atoms with Crippen molar-refractivity contribution in [2.45, 2.75) is 19.9 Å². The van der Waals surface area contributed by atoms with E-state index in [4.69, 9.17) is 0 Å². The van der Waals surface area contributed by atoms with E-state index in [9.17, 15) is 0 Å². The molecule has 0 aliphatic rings. The molecule has 0 bridgehead atoms. The number of rotatable bonds is 4. The lowest BCUT2D eigenvalue weighted by atomic mass is 10.1. The largest absolute Gasteiger partial charge is 0.310 e. The van der Waals surface area contributed by atoms with Crippen molar-refractivity contribution in [1.29, 1.82) is 0 Å². The van der Waals surface area contributed by atoms with Crippen LogP contribution in [0.1, 0.15) is 25.5 Å². The van der Waals surface area contributed by atoms with Crippen LogP contribution in [0.15, 0.2) is 30.7 Å². The first-order chi connectivity index (χ1) is 8.20. The maximum Gasteiger partial charge on any atom is 0.153 e. The van der Waals surface area contributed by atoms with Crippen molar-refractivity contribution in [2.75, 3.05) is 6.54 Å². The molecule has 4 nitrogen and oxygen atoms in total. The van der Waals surface area contributed by atoms with Gasteiger partial charge in [0.1, 0.15) is 0 Å². The Morgan fingerprint density at radius 1 is 1.41 bits per heavy atom. The summed E-state index contributed by atoms with van der Waals surface area (Å²) >= 11 is 2.23. The van der Waals surface area contributed by atoms with Crippen LogP contribution >= 0.6 is 22.6 Å². The molecule has 0 saturated heterocycles. The Hall–Kier alpha value is -0.950. The van der Waals surface area contributed by atoms with Crippen LogP contribution in [0.3, 0.4) is 0 Å². The lowest BCUT2D eigenvalue weighted by Crippen LogP contribution is -2.17. The predicted molar refractivity (Wildman–Crippen MR) is 76.2 cm³/mol. The molecule has 2 aromatic rings. The fraction of sp³-hybridized carbons (Fsp3) is 0.333. The Balaban J connectivity index is 2.18. The Kier molecular flexibility index (Phi) is 4.11. The summed E-state index contributed by atoms with van der Waals surface area (Å²) in [4.78, 5) is 4.42. The Labute approximate surface area is 115 Å². The van der Waals surface area contributed by atoms with Gasteiger partial charge in [0.2, 0.25) is 0 Å². The molecule has 1 N–H and O–H groups in total. The zero-order valence-corrected chi connectivity index (χ0v) is 12.0. The third-order valence-corrected chi connectivity index (χ3v) is 3.12. The molecule has 0 fully saturated rings. The van der Waals surface area contributed by atoms with Gasteiger partial charge in [0.25, 0.3) is 0 Å². The summed E-state index contributed by atoms with van der Waals surface area (Å²) in [6.07, 6.45) is 5.67. The zero-order valence-electron chi connectivity index (χ0n) is 9.89. The summed E-state index contributed by atoms with van der Waals surface area (Å²) in [5.41, 5.74) is 1.19. The van der Waals surface area contributed by atoms with Crippen LogP contribution in [0.4, 0.5) is 0 Å². The van der Waals surface area contributed by atoms with E-state index in [0.717, 1.165) is 15.9 Å². The minimum absolute atomic E-state index is 0.333. The highest BCUT2D eigenvalue weighted by atomic mass is 127. The number of pyridine rings is 1. The summed E-state index contributed by atoms with van der Waals surface area (Å²) in [7, 11) is 0. The van der Waals surface area contributed by atoms with E-state index in [-0.39, 0.29) is 0 Å². The van der Waals surface area contributed by atoms with Crippen molar-refractivity contribution in [3.05, 3.63) is 39.9 Å². The van der Waals surface area contributed by atoms with Gasteiger partial charge in [-0.15, -0.1) is 0 Å². The van der Waals surface area contributed by atoms with Crippen LogP contribution in [0, 0.1) is 3.57 Å². The molecule has 1 unspecified atom stereocenters. The first-order valence-corrected chi connectivity index (χ1v) is 6.68. The molecular weight excluding hydrogens is 327 g/mol. The second-order valence-electron chi connectivity index (χ2n) is 3.83. The van der Waals surface area contributed by atoms with E-state index in [1.807, 2.05) is 24.7 Å². The van der Waals surface area contributed by atoms with Crippen molar-refractivity contribution in [3.63, 3.8) is 0 Å². The topological polar surface area (TPSA) is 42.7 Å². The summed E-state index contributed by atoms with van der Waals surface area (Å²) in [6.45, 7) is 5.20. The second-order valence-corrected chi connectivity index (χ2v) is 5.08. The second kappa shape index (κ2) is 5.59. The highest BCUT2D eigenvalue weighted by molar-refractivity contribution is 14.1. The SMILES string of the molecule is CCNC(C)c1ccc(-n2cc(I)cn2)nc1. The Bertz CT molecular complexity index is 478. The molecule has 5 heteroatoms. The molecule has 2 rings (SSSR count). The van der Waals surface area contributed by atoms with Crippen molar-refractivity contribution in [3.8, 4) is 5.82 Å². The standard InChI is InChI=1S/C12H15IN4/c1-3-14-9(2)10-4-5-12(15-6-10)17-8-11(13)7-16-17/h4-9,14H,3H2,1-2H3. The smallest absolute Gasteiger partial charge is 0.153 e. The molecule has 0 spiro atoms. The van der Waals surface area contributed by atoms with E-state index in [1.54, 1.807) is 4.68 Å².